The Morgan fingerprint density at radius 2 is 1.73 bits per heavy atom. The normalized spacial score (nSPS) is 13.4. The molecule has 1 atom stereocenters. The van der Waals surface area contributed by atoms with Gasteiger partial charge in [0.05, 0.1) is 6.61 Å². The second-order valence-corrected chi connectivity index (χ2v) is 7.85. The molecule has 1 N–H and O–H groups in total. The van der Waals surface area contributed by atoms with Crippen LogP contribution in [-0.4, -0.2) is 40.2 Å². The number of halogens is 1. The van der Waals surface area contributed by atoms with Gasteiger partial charge >= 0.3 is 5.97 Å². The van der Waals surface area contributed by atoms with Crippen LogP contribution in [0, 0.1) is 0 Å². The second kappa shape index (κ2) is 8.77. The van der Waals surface area contributed by atoms with Gasteiger partial charge in [-0.3, -0.25) is 9.63 Å². The number of hydroxylamine groups is 2. The molecule has 1 aromatic heterocycles. The molecular weight excluding hydrogens is 448 g/mol. The van der Waals surface area contributed by atoms with E-state index in [4.69, 9.17) is 4.84 Å². The molecule has 7 heteroatoms. The van der Waals surface area contributed by atoms with Crippen molar-refractivity contribution in [2.24, 2.45) is 0 Å². The van der Waals surface area contributed by atoms with Crippen molar-refractivity contribution in [1.29, 1.82) is 0 Å². The van der Waals surface area contributed by atoms with E-state index in [1.54, 1.807) is 18.3 Å². The van der Waals surface area contributed by atoms with E-state index in [-0.39, 0.29) is 18.9 Å². The third kappa shape index (κ3) is 3.99. The van der Waals surface area contributed by atoms with Crippen LogP contribution in [0.2, 0.25) is 0 Å². The molecule has 4 rings (SSSR count). The van der Waals surface area contributed by atoms with Crippen molar-refractivity contribution in [1.82, 2.24) is 10.0 Å². The molecule has 30 heavy (non-hydrogen) atoms. The number of benzene rings is 2. The van der Waals surface area contributed by atoms with E-state index in [0.717, 1.165) is 27.3 Å². The lowest BCUT2D eigenvalue weighted by Crippen LogP contribution is -2.42. The molecule has 1 unspecified atom stereocenters. The lowest BCUT2D eigenvalue weighted by atomic mass is 9.98. The smallest absolute Gasteiger partial charge is 0.329 e. The van der Waals surface area contributed by atoms with Gasteiger partial charge in [0.15, 0.2) is 6.04 Å². The zero-order valence-electron chi connectivity index (χ0n) is 15.9. The van der Waals surface area contributed by atoms with Crippen molar-refractivity contribution in [3.63, 3.8) is 0 Å². The molecule has 6 nitrogen and oxygen atoms in total. The molecule has 1 aliphatic rings. The minimum absolute atomic E-state index is 0.0800. The number of carboxylic acids is 1. The number of amides is 1. The lowest BCUT2D eigenvalue weighted by molar-refractivity contribution is -0.196. The number of pyridine rings is 1. The average Bonchev–Trinajstić information content (AvgIpc) is 3.08. The molecule has 0 radical (unpaired) electrons. The van der Waals surface area contributed by atoms with Crippen molar-refractivity contribution in [2.75, 3.05) is 6.61 Å². The van der Waals surface area contributed by atoms with E-state index in [2.05, 4.69) is 33.0 Å². The van der Waals surface area contributed by atoms with Crippen molar-refractivity contribution in [3.05, 3.63) is 88.2 Å². The number of fused-ring (bicyclic) bond motifs is 3. The van der Waals surface area contributed by atoms with Gasteiger partial charge in [0, 0.05) is 18.5 Å². The number of aliphatic carboxylic acids is 1. The highest BCUT2D eigenvalue weighted by Crippen LogP contribution is 2.44. The maximum atomic E-state index is 11.9. The highest BCUT2D eigenvalue weighted by atomic mass is 79.9. The summed E-state index contributed by atoms with van der Waals surface area (Å²) in [5, 5.41) is 10.6. The molecule has 0 bridgehead atoms. The first-order valence-corrected chi connectivity index (χ1v) is 10.3. The van der Waals surface area contributed by atoms with Crippen LogP contribution < -0.4 is 0 Å². The van der Waals surface area contributed by atoms with E-state index < -0.39 is 12.0 Å². The Kier molecular flexibility index (Phi) is 5.92. The fraction of sp³-hybridized carbons (Fsp3) is 0.174. The monoisotopic (exact) mass is 466 g/mol. The van der Waals surface area contributed by atoms with Crippen LogP contribution in [0.25, 0.3) is 11.1 Å². The minimum Gasteiger partial charge on any atom is -0.480 e. The fourth-order valence-electron chi connectivity index (χ4n) is 3.83. The average molecular weight is 467 g/mol. The van der Waals surface area contributed by atoms with E-state index in [1.165, 1.54) is 0 Å². The molecule has 0 aliphatic heterocycles. The standard InChI is InChI=1S/C23H19BrN2O4/c24-22-10-9-15(12-25-22)11-21(23(28)29)26(14-27)30-13-20-18-7-3-1-5-16(18)17-6-2-4-8-19(17)20/h1-10,12,14,20-21H,11,13H2,(H,28,29). The van der Waals surface area contributed by atoms with Crippen molar-refractivity contribution >= 4 is 28.3 Å². The topological polar surface area (TPSA) is 79.7 Å². The Morgan fingerprint density at radius 1 is 1.10 bits per heavy atom. The number of hydrogen-bond acceptors (Lipinski definition) is 4. The van der Waals surface area contributed by atoms with Gasteiger partial charge in [-0.25, -0.2) is 14.8 Å². The first-order chi connectivity index (χ1) is 14.6. The second-order valence-electron chi connectivity index (χ2n) is 7.04. The van der Waals surface area contributed by atoms with Crippen LogP contribution >= 0.6 is 15.9 Å². The Labute approximate surface area is 182 Å². The van der Waals surface area contributed by atoms with E-state index in [9.17, 15) is 14.7 Å². The van der Waals surface area contributed by atoms with Crippen LogP contribution in [0.5, 0.6) is 0 Å². The van der Waals surface area contributed by atoms with Gasteiger partial charge in [0.1, 0.15) is 4.60 Å². The summed E-state index contributed by atoms with van der Waals surface area (Å²) in [4.78, 5) is 33.4. The van der Waals surface area contributed by atoms with Crippen molar-refractivity contribution < 1.29 is 19.5 Å². The van der Waals surface area contributed by atoms with Gasteiger partial charge in [-0.05, 0) is 49.8 Å². The molecule has 0 spiro atoms. The van der Waals surface area contributed by atoms with E-state index in [1.807, 2.05) is 36.4 Å². The summed E-state index contributed by atoms with van der Waals surface area (Å²) in [5.41, 5.74) is 5.17. The Bertz CT molecular complexity index is 1030. The van der Waals surface area contributed by atoms with Crippen LogP contribution in [0.1, 0.15) is 22.6 Å². The Morgan fingerprint density at radius 3 is 2.27 bits per heavy atom. The predicted octanol–water partition coefficient (Wildman–Crippen LogP) is 4.04. The highest BCUT2D eigenvalue weighted by molar-refractivity contribution is 9.10. The van der Waals surface area contributed by atoms with Gasteiger partial charge in [-0.15, -0.1) is 0 Å². The molecule has 152 valence electrons. The zero-order valence-corrected chi connectivity index (χ0v) is 17.5. The third-order valence-electron chi connectivity index (χ3n) is 5.27. The molecule has 0 saturated carbocycles. The largest absolute Gasteiger partial charge is 0.480 e. The van der Waals surface area contributed by atoms with E-state index in [0.29, 0.717) is 16.6 Å². The minimum atomic E-state index is -1.16. The fourth-order valence-corrected chi connectivity index (χ4v) is 4.06. The van der Waals surface area contributed by atoms with Gasteiger partial charge in [0.2, 0.25) is 6.41 Å². The number of carboxylic acid groups (broad SMARTS) is 1. The first-order valence-electron chi connectivity index (χ1n) is 9.46. The summed E-state index contributed by atoms with van der Waals surface area (Å²) < 4.78 is 0.653. The molecular formula is C23H19BrN2O4. The molecule has 1 heterocycles. The summed E-state index contributed by atoms with van der Waals surface area (Å²) in [5.74, 6) is -1.22. The predicted molar refractivity (Wildman–Crippen MR) is 115 cm³/mol. The quantitative estimate of drug-likeness (QED) is 0.307. The van der Waals surface area contributed by atoms with Gasteiger partial charge < -0.3 is 5.11 Å². The number of aromatic nitrogens is 1. The Balaban J connectivity index is 1.54. The SMILES string of the molecule is O=CN(OCC1c2ccccc2-c2ccccc21)C(Cc1ccc(Br)nc1)C(=O)O. The number of carbonyl (C=O) groups excluding carboxylic acids is 1. The van der Waals surface area contributed by atoms with Gasteiger partial charge in [-0.1, -0.05) is 54.6 Å². The summed E-state index contributed by atoms with van der Waals surface area (Å²) >= 11 is 3.25. The number of hydrogen-bond donors (Lipinski definition) is 1. The lowest BCUT2D eigenvalue weighted by Gasteiger charge is -2.26. The van der Waals surface area contributed by atoms with Crippen molar-refractivity contribution in [2.45, 2.75) is 18.4 Å². The van der Waals surface area contributed by atoms with Crippen LogP contribution in [0.15, 0.2) is 71.5 Å². The van der Waals surface area contributed by atoms with Crippen LogP contribution in [0.4, 0.5) is 0 Å². The molecule has 0 fully saturated rings. The third-order valence-corrected chi connectivity index (χ3v) is 5.74. The van der Waals surface area contributed by atoms with Gasteiger partial charge in [0.25, 0.3) is 0 Å². The number of carbonyl (C=O) groups is 2. The van der Waals surface area contributed by atoms with Gasteiger partial charge in [-0.2, -0.15) is 0 Å². The molecule has 0 saturated heterocycles. The van der Waals surface area contributed by atoms with E-state index >= 15 is 0 Å². The number of nitrogens with zero attached hydrogens (tertiary/aromatic N) is 2. The first kappa shape index (κ1) is 20.3. The summed E-state index contributed by atoms with van der Waals surface area (Å²) in [6.45, 7) is 0.162. The molecule has 2 aromatic carbocycles. The van der Waals surface area contributed by atoms with Crippen LogP contribution in [-0.2, 0) is 20.8 Å². The highest BCUT2D eigenvalue weighted by Gasteiger charge is 2.31. The zero-order chi connectivity index (χ0) is 21.1. The molecule has 1 amide bonds. The summed E-state index contributed by atoms with van der Waals surface area (Å²) in [7, 11) is 0. The van der Waals surface area contributed by atoms with Crippen LogP contribution in [0.3, 0.4) is 0 Å². The summed E-state index contributed by atoms with van der Waals surface area (Å²) in [6.07, 6.45) is 2.09. The number of rotatable bonds is 8. The maximum Gasteiger partial charge on any atom is 0.329 e. The maximum absolute atomic E-state index is 11.9. The van der Waals surface area contributed by atoms with Crippen molar-refractivity contribution in [3.8, 4) is 11.1 Å². The molecule has 1 aliphatic carbocycles. The Hall–Kier alpha value is -3.03. The summed E-state index contributed by atoms with van der Waals surface area (Å²) in [6, 6.07) is 18.5. The molecule has 3 aromatic rings.